The zero-order valence-electron chi connectivity index (χ0n) is 16.2. The first-order valence-electron chi connectivity index (χ1n) is 9.36. The number of aromatic hydroxyl groups is 1. The van der Waals surface area contributed by atoms with Gasteiger partial charge in [-0.1, -0.05) is 78.1 Å². The van der Waals surface area contributed by atoms with Crippen molar-refractivity contribution in [3.8, 4) is 5.88 Å². The summed E-state index contributed by atoms with van der Waals surface area (Å²) in [6.07, 6.45) is 0. The van der Waals surface area contributed by atoms with E-state index in [1.165, 1.54) is 0 Å². The van der Waals surface area contributed by atoms with Gasteiger partial charge in [-0.05, 0) is 24.3 Å². The Bertz CT molecular complexity index is 1220. The van der Waals surface area contributed by atoms with Crippen LogP contribution in [0.4, 0.5) is 16.4 Å². The number of anilines is 1. The molecule has 1 aromatic heterocycles. The normalized spacial score (nSPS) is 11.5. The van der Waals surface area contributed by atoms with Crippen LogP contribution in [0, 0.1) is 0 Å². The summed E-state index contributed by atoms with van der Waals surface area (Å²) in [6.45, 7) is 0. The number of benzene rings is 3. The van der Waals surface area contributed by atoms with E-state index >= 15 is 0 Å². The minimum atomic E-state index is -0.329. The maximum Gasteiger partial charge on any atom is 0.251 e. The summed E-state index contributed by atoms with van der Waals surface area (Å²) in [5.74, 6) is -0.641. The number of hydrazone groups is 1. The molecule has 0 aliphatic rings. The van der Waals surface area contributed by atoms with Crippen molar-refractivity contribution < 1.29 is 9.90 Å². The largest absolute Gasteiger partial charge is 0.491 e. The lowest BCUT2D eigenvalue weighted by atomic mass is 10.1. The number of nitrogens with zero attached hydrogens (tertiary/aromatic N) is 4. The van der Waals surface area contributed by atoms with Crippen LogP contribution in [-0.2, 0) is 0 Å². The molecule has 4 rings (SSSR count). The summed E-state index contributed by atoms with van der Waals surface area (Å²) in [4.78, 5) is 17.2. The Kier molecular flexibility index (Phi) is 6.20. The van der Waals surface area contributed by atoms with Crippen LogP contribution in [0.1, 0.15) is 15.4 Å². The number of para-hydroxylation sites is 1. The third-order valence-electron chi connectivity index (χ3n) is 4.13. The predicted molar refractivity (Wildman–Crippen MR) is 122 cm³/mol. The van der Waals surface area contributed by atoms with Crippen molar-refractivity contribution in [2.24, 2.45) is 15.3 Å². The number of carbonyl (C=O) groups is 1. The van der Waals surface area contributed by atoms with Crippen LogP contribution in [-0.4, -0.2) is 21.6 Å². The maximum absolute atomic E-state index is 13.1. The lowest BCUT2D eigenvalue weighted by Gasteiger charge is -2.05. The van der Waals surface area contributed by atoms with E-state index in [1.807, 2.05) is 54.6 Å². The molecule has 2 N–H and O–H groups in total. The van der Waals surface area contributed by atoms with Crippen LogP contribution >= 0.6 is 11.3 Å². The molecule has 0 saturated carbocycles. The van der Waals surface area contributed by atoms with Gasteiger partial charge in [0.2, 0.25) is 10.8 Å². The number of Topliss-reactive ketones (excluding diaryl/α,β-unsaturated/α-hetero) is 1. The van der Waals surface area contributed by atoms with E-state index in [2.05, 4.69) is 25.7 Å². The van der Waals surface area contributed by atoms with Crippen LogP contribution in [0.25, 0.3) is 0 Å². The van der Waals surface area contributed by atoms with Crippen molar-refractivity contribution in [2.45, 2.75) is 0 Å². The van der Waals surface area contributed by atoms with Gasteiger partial charge in [0.1, 0.15) is 0 Å². The van der Waals surface area contributed by atoms with Gasteiger partial charge >= 0.3 is 0 Å². The van der Waals surface area contributed by atoms with Gasteiger partial charge in [0, 0.05) is 5.56 Å². The minimum absolute atomic E-state index is 0.0662. The van der Waals surface area contributed by atoms with Gasteiger partial charge in [-0.15, -0.1) is 10.2 Å². The summed E-state index contributed by atoms with van der Waals surface area (Å²) < 4.78 is 0. The van der Waals surface area contributed by atoms with Crippen molar-refractivity contribution in [1.29, 1.82) is 0 Å². The number of hydrogen-bond donors (Lipinski definition) is 2. The molecular weight excluding hydrogens is 410 g/mol. The van der Waals surface area contributed by atoms with E-state index in [1.54, 1.807) is 36.4 Å². The van der Waals surface area contributed by atoms with Gasteiger partial charge < -0.3 is 5.11 Å². The SMILES string of the molecule is O=C(/C(=N\Nc1ccccc1)c1nc(O)c(N=Nc2ccccc2)s1)c1ccccc1. The number of ketones is 1. The molecule has 0 saturated heterocycles. The molecule has 0 radical (unpaired) electrons. The van der Waals surface area contributed by atoms with E-state index in [0.29, 0.717) is 16.9 Å². The number of aromatic nitrogens is 1. The molecule has 0 unspecified atom stereocenters. The number of rotatable bonds is 7. The molecular formula is C23H17N5O2S. The van der Waals surface area contributed by atoms with E-state index < -0.39 is 0 Å². The summed E-state index contributed by atoms with van der Waals surface area (Å²) in [5.41, 5.74) is 4.75. The average molecular weight is 427 g/mol. The minimum Gasteiger partial charge on any atom is -0.491 e. The molecule has 4 aromatic rings. The standard InChI is InChI=1S/C23H17N5O2S/c29-20(16-10-4-1-5-11-16)19(27-25-17-12-6-2-7-13-17)22-24-21(30)23(31-22)28-26-18-14-8-3-9-15-18/h1-15,25,30H/b27-19+,28-26?. The molecule has 0 bridgehead atoms. The lowest BCUT2D eigenvalue weighted by molar-refractivity contribution is 0.106. The van der Waals surface area contributed by atoms with Crippen molar-refractivity contribution in [3.05, 3.63) is 102 Å². The summed E-state index contributed by atoms with van der Waals surface area (Å²) >= 11 is 1.03. The van der Waals surface area contributed by atoms with E-state index in [9.17, 15) is 9.90 Å². The molecule has 7 nitrogen and oxygen atoms in total. The molecule has 0 aliphatic heterocycles. The van der Waals surface area contributed by atoms with Gasteiger partial charge in [-0.3, -0.25) is 10.2 Å². The van der Waals surface area contributed by atoms with E-state index in [-0.39, 0.29) is 27.4 Å². The molecule has 3 aromatic carbocycles. The van der Waals surface area contributed by atoms with E-state index in [4.69, 9.17) is 0 Å². The second kappa shape index (κ2) is 9.55. The smallest absolute Gasteiger partial charge is 0.251 e. The average Bonchev–Trinajstić information content (AvgIpc) is 3.19. The Balaban J connectivity index is 1.68. The Labute approximate surface area is 182 Å². The summed E-state index contributed by atoms with van der Waals surface area (Å²) in [7, 11) is 0. The first-order chi connectivity index (χ1) is 15.2. The first kappa shape index (κ1) is 20.1. The van der Waals surface area contributed by atoms with Crippen molar-refractivity contribution >= 4 is 39.2 Å². The molecule has 8 heteroatoms. The third-order valence-corrected chi connectivity index (χ3v) is 5.06. The lowest BCUT2D eigenvalue weighted by Crippen LogP contribution is -2.17. The van der Waals surface area contributed by atoms with Crippen LogP contribution < -0.4 is 5.43 Å². The fraction of sp³-hybridized carbons (Fsp3) is 0. The number of carbonyl (C=O) groups excluding carboxylic acids is 1. The first-order valence-corrected chi connectivity index (χ1v) is 10.2. The van der Waals surface area contributed by atoms with E-state index in [0.717, 1.165) is 11.3 Å². The number of hydrogen-bond acceptors (Lipinski definition) is 8. The topological polar surface area (TPSA) is 99.3 Å². The maximum atomic E-state index is 13.1. The molecule has 31 heavy (non-hydrogen) atoms. The van der Waals surface area contributed by atoms with Gasteiger partial charge in [0.15, 0.2) is 10.7 Å². The summed E-state index contributed by atoms with van der Waals surface area (Å²) in [6, 6.07) is 27.1. The summed E-state index contributed by atoms with van der Waals surface area (Å²) in [5, 5.41) is 23.1. The Hall–Kier alpha value is -4.17. The molecule has 0 fully saturated rings. The molecule has 1 heterocycles. The van der Waals surface area contributed by atoms with Gasteiger partial charge in [-0.2, -0.15) is 10.1 Å². The number of azo groups is 1. The number of nitrogens with one attached hydrogen (secondary N) is 1. The monoisotopic (exact) mass is 427 g/mol. The zero-order valence-corrected chi connectivity index (χ0v) is 17.0. The van der Waals surface area contributed by atoms with Crippen molar-refractivity contribution in [1.82, 2.24) is 4.98 Å². The fourth-order valence-corrected chi connectivity index (χ4v) is 3.39. The quantitative estimate of drug-likeness (QED) is 0.164. The highest BCUT2D eigenvalue weighted by molar-refractivity contribution is 7.18. The molecule has 0 atom stereocenters. The molecule has 0 aliphatic carbocycles. The zero-order chi connectivity index (χ0) is 21.5. The second-order valence-electron chi connectivity index (χ2n) is 6.32. The van der Waals surface area contributed by atoms with Crippen molar-refractivity contribution in [3.63, 3.8) is 0 Å². The Morgan fingerprint density at radius 1 is 0.839 bits per heavy atom. The predicted octanol–water partition coefficient (Wildman–Crippen LogP) is 5.96. The van der Waals surface area contributed by atoms with Crippen molar-refractivity contribution in [2.75, 3.05) is 5.43 Å². The van der Waals surface area contributed by atoms with Crippen LogP contribution in [0.2, 0.25) is 0 Å². The van der Waals surface area contributed by atoms with Gasteiger partial charge in [0.05, 0.1) is 11.4 Å². The van der Waals surface area contributed by atoms with Crippen LogP contribution in [0.5, 0.6) is 5.88 Å². The van der Waals surface area contributed by atoms with Gasteiger partial charge in [0.25, 0.3) is 5.88 Å². The molecule has 0 spiro atoms. The van der Waals surface area contributed by atoms with Crippen LogP contribution in [0.15, 0.2) is 106 Å². The highest BCUT2D eigenvalue weighted by Gasteiger charge is 2.22. The highest BCUT2D eigenvalue weighted by Crippen LogP contribution is 2.35. The Morgan fingerprint density at radius 2 is 1.45 bits per heavy atom. The van der Waals surface area contributed by atoms with Crippen LogP contribution in [0.3, 0.4) is 0 Å². The molecule has 0 amide bonds. The third kappa shape index (κ3) is 5.06. The Morgan fingerprint density at radius 3 is 2.13 bits per heavy atom. The molecule has 152 valence electrons. The number of thiazole rings is 1. The fourth-order valence-electron chi connectivity index (χ4n) is 2.62. The second-order valence-corrected chi connectivity index (χ2v) is 7.29. The highest BCUT2D eigenvalue weighted by atomic mass is 32.1. The van der Waals surface area contributed by atoms with Gasteiger partial charge in [-0.25, -0.2) is 0 Å².